The second kappa shape index (κ2) is 5.12. The minimum atomic E-state index is 0.163. The Labute approximate surface area is 77.4 Å². The fourth-order valence-electron chi connectivity index (χ4n) is 1.03. The van der Waals surface area contributed by atoms with E-state index in [0.29, 0.717) is 0 Å². The van der Waals surface area contributed by atoms with Crippen LogP contribution in [-0.4, -0.2) is 11.7 Å². The predicted molar refractivity (Wildman–Crippen MR) is 53.5 cm³/mol. The van der Waals surface area contributed by atoms with Crippen LogP contribution in [0.4, 0.5) is 0 Å². The Morgan fingerprint density at radius 2 is 2.50 bits per heavy atom. The normalized spacial score (nSPS) is 12.0. The zero-order chi connectivity index (χ0) is 8.81. The first-order chi connectivity index (χ1) is 5.83. The Morgan fingerprint density at radius 1 is 1.67 bits per heavy atom. The summed E-state index contributed by atoms with van der Waals surface area (Å²) in [6.45, 7) is 2.22. The van der Waals surface area contributed by atoms with Crippen LogP contribution in [-0.2, 0) is 6.42 Å². The molecule has 0 radical (unpaired) electrons. The summed E-state index contributed by atoms with van der Waals surface area (Å²) >= 11 is 1.79. The smallest absolute Gasteiger partial charge is 0.0614 e. The number of aliphatic hydroxyl groups excluding tert-OH is 1. The third-order valence-corrected chi connectivity index (χ3v) is 2.72. The maximum absolute atomic E-state index is 8.62. The number of aryl methyl sites for hydroxylation is 1. The van der Waals surface area contributed by atoms with E-state index in [1.54, 1.807) is 11.3 Å². The molecular formula is C10H14OS. The van der Waals surface area contributed by atoms with Gasteiger partial charge < -0.3 is 5.11 Å². The van der Waals surface area contributed by atoms with Gasteiger partial charge in [0.25, 0.3) is 0 Å². The highest BCUT2D eigenvalue weighted by Gasteiger charge is 1.94. The van der Waals surface area contributed by atoms with E-state index in [1.807, 2.05) is 6.08 Å². The van der Waals surface area contributed by atoms with Crippen LogP contribution in [0.2, 0.25) is 0 Å². The molecule has 0 aliphatic rings. The van der Waals surface area contributed by atoms with Gasteiger partial charge in [-0.3, -0.25) is 0 Å². The van der Waals surface area contributed by atoms with Crippen LogP contribution >= 0.6 is 11.3 Å². The first-order valence-electron chi connectivity index (χ1n) is 4.12. The lowest BCUT2D eigenvalue weighted by Crippen LogP contribution is -1.84. The first-order valence-corrected chi connectivity index (χ1v) is 5.00. The van der Waals surface area contributed by atoms with Crippen LogP contribution in [0.25, 0.3) is 0 Å². The molecule has 0 aliphatic carbocycles. The lowest BCUT2D eigenvalue weighted by atomic mass is 10.1. The SMILES string of the molecule is C/C(=C\CO)CCc1cccs1. The fraction of sp³-hybridized carbons (Fsp3) is 0.400. The second-order valence-corrected chi connectivity index (χ2v) is 3.84. The van der Waals surface area contributed by atoms with E-state index in [-0.39, 0.29) is 6.61 Å². The molecule has 1 nitrogen and oxygen atoms in total. The lowest BCUT2D eigenvalue weighted by Gasteiger charge is -1.97. The Morgan fingerprint density at radius 3 is 3.08 bits per heavy atom. The molecule has 0 unspecified atom stereocenters. The summed E-state index contributed by atoms with van der Waals surface area (Å²) in [5.74, 6) is 0. The van der Waals surface area contributed by atoms with Crippen molar-refractivity contribution in [3.05, 3.63) is 34.0 Å². The topological polar surface area (TPSA) is 20.2 Å². The Balaban J connectivity index is 2.31. The molecule has 0 fully saturated rings. The molecule has 1 N–H and O–H groups in total. The molecule has 0 atom stereocenters. The number of hydrogen-bond acceptors (Lipinski definition) is 2. The molecule has 66 valence electrons. The van der Waals surface area contributed by atoms with Crippen LogP contribution in [0.3, 0.4) is 0 Å². The van der Waals surface area contributed by atoms with Crippen molar-refractivity contribution in [3.8, 4) is 0 Å². The second-order valence-electron chi connectivity index (χ2n) is 2.81. The van der Waals surface area contributed by atoms with Gasteiger partial charge in [-0.05, 0) is 31.2 Å². The Bertz CT molecular complexity index is 236. The molecule has 1 rings (SSSR count). The molecule has 1 aromatic heterocycles. The van der Waals surface area contributed by atoms with Crippen molar-refractivity contribution in [2.75, 3.05) is 6.61 Å². The quantitative estimate of drug-likeness (QED) is 0.710. The summed E-state index contributed by atoms with van der Waals surface area (Å²) in [4.78, 5) is 1.42. The fourth-order valence-corrected chi connectivity index (χ4v) is 1.74. The van der Waals surface area contributed by atoms with Crippen molar-refractivity contribution in [1.82, 2.24) is 0 Å². The van der Waals surface area contributed by atoms with E-state index in [2.05, 4.69) is 24.4 Å². The molecule has 0 aromatic carbocycles. The summed E-state index contributed by atoms with van der Waals surface area (Å²) < 4.78 is 0. The van der Waals surface area contributed by atoms with Crippen LogP contribution in [0.1, 0.15) is 18.2 Å². The molecule has 2 heteroatoms. The minimum absolute atomic E-state index is 0.163. The van der Waals surface area contributed by atoms with E-state index in [9.17, 15) is 0 Å². The third-order valence-electron chi connectivity index (χ3n) is 1.79. The summed E-state index contributed by atoms with van der Waals surface area (Å²) in [6.07, 6.45) is 4.02. The molecule has 0 amide bonds. The number of rotatable bonds is 4. The highest BCUT2D eigenvalue weighted by atomic mass is 32.1. The van der Waals surface area contributed by atoms with Gasteiger partial charge in [0.2, 0.25) is 0 Å². The van der Waals surface area contributed by atoms with Crippen LogP contribution in [0, 0.1) is 0 Å². The summed E-state index contributed by atoms with van der Waals surface area (Å²) in [7, 11) is 0. The maximum atomic E-state index is 8.62. The standard InChI is InChI=1S/C10H14OS/c1-9(6-7-11)4-5-10-3-2-8-12-10/h2-3,6,8,11H,4-5,7H2,1H3/b9-6+. The van der Waals surface area contributed by atoms with Crippen molar-refractivity contribution in [2.45, 2.75) is 19.8 Å². The number of allylic oxidation sites excluding steroid dienone is 1. The van der Waals surface area contributed by atoms with Gasteiger partial charge in [0.1, 0.15) is 0 Å². The van der Waals surface area contributed by atoms with Crippen LogP contribution < -0.4 is 0 Å². The van der Waals surface area contributed by atoms with Gasteiger partial charge in [0.05, 0.1) is 6.61 Å². The average molecular weight is 182 g/mol. The van der Waals surface area contributed by atoms with Crippen molar-refractivity contribution < 1.29 is 5.11 Å². The molecule has 0 aliphatic heterocycles. The highest BCUT2D eigenvalue weighted by molar-refractivity contribution is 7.09. The average Bonchev–Trinajstić information content (AvgIpc) is 2.53. The van der Waals surface area contributed by atoms with Gasteiger partial charge in [-0.1, -0.05) is 17.7 Å². The van der Waals surface area contributed by atoms with Crippen molar-refractivity contribution >= 4 is 11.3 Å². The van der Waals surface area contributed by atoms with E-state index in [4.69, 9.17) is 5.11 Å². The van der Waals surface area contributed by atoms with E-state index in [1.165, 1.54) is 10.5 Å². The third kappa shape index (κ3) is 3.20. The molecule has 1 aromatic rings. The highest BCUT2D eigenvalue weighted by Crippen LogP contribution is 2.13. The van der Waals surface area contributed by atoms with E-state index >= 15 is 0 Å². The zero-order valence-electron chi connectivity index (χ0n) is 7.29. The van der Waals surface area contributed by atoms with E-state index < -0.39 is 0 Å². The van der Waals surface area contributed by atoms with Gasteiger partial charge in [-0.15, -0.1) is 11.3 Å². The zero-order valence-corrected chi connectivity index (χ0v) is 8.10. The van der Waals surface area contributed by atoms with Crippen molar-refractivity contribution in [3.63, 3.8) is 0 Å². The van der Waals surface area contributed by atoms with Gasteiger partial charge in [-0.2, -0.15) is 0 Å². The van der Waals surface area contributed by atoms with Gasteiger partial charge in [0.15, 0.2) is 0 Å². The Kier molecular flexibility index (Phi) is 4.05. The van der Waals surface area contributed by atoms with Crippen LogP contribution in [0.5, 0.6) is 0 Å². The summed E-state index contributed by atoms with van der Waals surface area (Å²) in [5.41, 5.74) is 1.27. The Hall–Kier alpha value is -0.600. The van der Waals surface area contributed by atoms with E-state index in [0.717, 1.165) is 12.8 Å². The molecule has 1 heterocycles. The number of aliphatic hydroxyl groups is 1. The monoisotopic (exact) mass is 182 g/mol. The van der Waals surface area contributed by atoms with Gasteiger partial charge in [-0.25, -0.2) is 0 Å². The summed E-state index contributed by atoms with van der Waals surface area (Å²) in [6, 6.07) is 4.22. The van der Waals surface area contributed by atoms with Gasteiger partial charge >= 0.3 is 0 Å². The summed E-state index contributed by atoms with van der Waals surface area (Å²) in [5, 5.41) is 10.7. The first kappa shape index (κ1) is 9.49. The molecule has 0 bridgehead atoms. The largest absolute Gasteiger partial charge is 0.392 e. The molecule has 0 spiro atoms. The molecule has 0 saturated heterocycles. The van der Waals surface area contributed by atoms with Crippen molar-refractivity contribution in [2.24, 2.45) is 0 Å². The molecular weight excluding hydrogens is 168 g/mol. The predicted octanol–water partition coefficient (Wildman–Crippen LogP) is 2.62. The van der Waals surface area contributed by atoms with Gasteiger partial charge in [0, 0.05) is 4.88 Å². The molecule has 12 heavy (non-hydrogen) atoms. The maximum Gasteiger partial charge on any atom is 0.0614 e. The number of thiophene rings is 1. The van der Waals surface area contributed by atoms with Crippen molar-refractivity contribution in [1.29, 1.82) is 0 Å². The minimum Gasteiger partial charge on any atom is -0.392 e. The molecule has 0 saturated carbocycles. The number of hydrogen-bond donors (Lipinski definition) is 1. The van der Waals surface area contributed by atoms with Crippen LogP contribution in [0.15, 0.2) is 29.2 Å². The lowest BCUT2D eigenvalue weighted by molar-refractivity contribution is 0.341.